The number of ketones is 1. The zero-order chi connectivity index (χ0) is 15.6. The van der Waals surface area contributed by atoms with Crippen molar-refractivity contribution in [3.05, 3.63) is 57.6 Å². The molecule has 2 rings (SSSR count). The Morgan fingerprint density at radius 3 is 2.05 bits per heavy atom. The van der Waals surface area contributed by atoms with E-state index in [0.717, 1.165) is 12.1 Å². The molecule has 3 N–H and O–H groups in total. The van der Waals surface area contributed by atoms with Gasteiger partial charge in [-0.2, -0.15) is 0 Å². The van der Waals surface area contributed by atoms with Gasteiger partial charge in [-0.25, -0.2) is 0 Å². The second-order valence-corrected chi connectivity index (χ2v) is 4.38. The third kappa shape index (κ3) is 3.08. The zero-order valence-electron chi connectivity index (χ0n) is 10.7. The number of hydrogen-bond donors (Lipinski definition) is 3. The van der Waals surface area contributed by atoms with Crippen LogP contribution in [0.5, 0.6) is 17.2 Å². The summed E-state index contributed by atoms with van der Waals surface area (Å²) in [6.07, 6.45) is -0.149. The van der Waals surface area contributed by atoms with Crippen molar-refractivity contribution >= 4 is 11.5 Å². The van der Waals surface area contributed by atoms with Crippen molar-refractivity contribution in [3.8, 4) is 17.2 Å². The first-order valence-corrected chi connectivity index (χ1v) is 5.90. The lowest BCUT2D eigenvalue weighted by atomic mass is 10.0. The van der Waals surface area contributed by atoms with Gasteiger partial charge in [0.2, 0.25) is 0 Å². The average molecular weight is 289 g/mol. The molecule has 0 bridgehead atoms. The minimum atomic E-state index is -0.571. The molecule has 0 unspecified atom stereocenters. The van der Waals surface area contributed by atoms with Crippen molar-refractivity contribution in [1.29, 1.82) is 0 Å². The molecule has 21 heavy (non-hydrogen) atoms. The highest BCUT2D eigenvalue weighted by molar-refractivity contribution is 6.02. The number of hydrogen-bond acceptors (Lipinski definition) is 6. The maximum Gasteiger partial charge on any atom is 0.269 e. The van der Waals surface area contributed by atoms with Crippen LogP contribution in [0, 0.1) is 10.1 Å². The fourth-order valence-corrected chi connectivity index (χ4v) is 1.89. The average Bonchev–Trinajstić information content (AvgIpc) is 2.37. The number of phenolic OH excluding ortho intramolecular Hbond substituents is 3. The standard InChI is InChI=1S/C14H11NO6/c16-10-6-12(18)14(13(19)7-10)11(17)5-8-1-3-9(4-2-8)15(20)21/h1-4,6-7,16,18-19H,5H2. The SMILES string of the molecule is O=C(Cc1ccc([N+](=O)[O-])cc1)c1c(O)cc(O)cc1O. The minimum absolute atomic E-state index is 0.0958. The van der Waals surface area contributed by atoms with Crippen molar-refractivity contribution in [2.45, 2.75) is 6.42 Å². The zero-order valence-corrected chi connectivity index (χ0v) is 10.7. The summed E-state index contributed by atoms with van der Waals surface area (Å²) in [7, 11) is 0. The summed E-state index contributed by atoms with van der Waals surface area (Å²) in [6, 6.07) is 7.26. The molecule has 0 amide bonds. The van der Waals surface area contributed by atoms with Crippen molar-refractivity contribution in [1.82, 2.24) is 0 Å². The quantitative estimate of drug-likeness (QED) is 0.450. The number of nitrogens with zero attached hydrogens (tertiary/aromatic N) is 1. The molecular weight excluding hydrogens is 278 g/mol. The van der Waals surface area contributed by atoms with Gasteiger partial charge in [-0.3, -0.25) is 14.9 Å². The third-order valence-electron chi connectivity index (χ3n) is 2.87. The van der Waals surface area contributed by atoms with E-state index >= 15 is 0 Å². The van der Waals surface area contributed by atoms with Crippen molar-refractivity contribution in [3.63, 3.8) is 0 Å². The Balaban J connectivity index is 2.24. The smallest absolute Gasteiger partial charge is 0.269 e. The number of rotatable bonds is 4. The van der Waals surface area contributed by atoms with Crippen LogP contribution in [0.2, 0.25) is 0 Å². The summed E-state index contributed by atoms with van der Waals surface area (Å²) in [6.45, 7) is 0. The third-order valence-corrected chi connectivity index (χ3v) is 2.87. The minimum Gasteiger partial charge on any atom is -0.508 e. The van der Waals surface area contributed by atoms with E-state index in [0.29, 0.717) is 5.56 Å². The lowest BCUT2D eigenvalue weighted by molar-refractivity contribution is -0.384. The molecule has 0 aliphatic rings. The van der Waals surface area contributed by atoms with Gasteiger partial charge in [0.15, 0.2) is 5.78 Å². The first kappa shape index (κ1) is 14.3. The van der Waals surface area contributed by atoms with E-state index in [2.05, 4.69) is 0 Å². The van der Waals surface area contributed by atoms with Crippen LogP contribution in [0.4, 0.5) is 5.69 Å². The molecule has 7 heteroatoms. The predicted molar refractivity (Wildman–Crippen MR) is 72.6 cm³/mol. The number of benzene rings is 2. The van der Waals surface area contributed by atoms with E-state index in [1.807, 2.05) is 0 Å². The van der Waals surface area contributed by atoms with Crippen molar-refractivity contribution in [2.75, 3.05) is 0 Å². The summed E-state index contributed by atoms with van der Waals surface area (Å²) < 4.78 is 0. The summed E-state index contributed by atoms with van der Waals surface area (Å²) in [5.74, 6) is -1.99. The van der Waals surface area contributed by atoms with E-state index in [-0.39, 0.29) is 23.4 Å². The van der Waals surface area contributed by atoms with Gasteiger partial charge in [0.05, 0.1) is 4.92 Å². The van der Waals surface area contributed by atoms with E-state index < -0.39 is 22.2 Å². The highest BCUT2D eigenvalue weighted by Crippen LogP contribution is 2.32. The second kappa shape index (κ2) is 5.49. The van der Waals surface area contributed by atoms with Gasteiger partial charge < -0.3 is 15.3 Å². The molecule has 0 spiro atoms. The molecule has 2 aromatic carbocycles. The van der Waals surface area contributed by atoms with E-state index in [1.54, 1.807) is 0 Å². The number of nitro groups is 1. The molecule has 0 aromatic heterocycles. The molecule has 0 saturated carbocycles. The maximum atomic E-state index is 12.1. The number of carbonyl (C=O) groups excluding carboxylic acids is 1. The number of phenols is 3. The van der Waals surface area contributed by atoms with Crippen molar-refractivity contribution < 1.29 is 25.0 Å². The molecule has 0 radical (unpaired) electrons. The molecular formula is C14H11NO6. The molecule has 0 aliphatic carbocycles. The van der Waals surface area contributed by atoms with Crippen LogP contribution in [0.15, 0.2) is 36.4 Å². The summed E-state index contributed by atoms with van der Waals surface area (Å²) in [5, 5.41) is 38.9. The number of non-ortho nitro benzene ring substituents is 1. The van der Waals surface area contributed by atoms with Crippen LogP contribution in [0.1, 0.15) is 15.9 Å². The molecule has 2 aromatic rings. The number of carbonyl (C=O) groups is 1. The fourth-order valence-electron chi connectivity index (χ4n) is 1.89. The molecule has 7 nitrogen and oxygen atoms in total. The summed E-state index contributed by atoms with van der Waals surface area (Å²) >= 11 is 0. The van der Waals surface area contributed by atoms with Crippen molar-refractivity contribution in [2.24, 2.45) is 0 Å². The van der Waals surface area contributed by atoms with E-state index in [1.165, 1.54) is 24.3 Å². The summed E-state index contributed by atoms with van der Waals surface area (Å²) in [4.78, 5) is 22.0. The van der Waals surface area contributed by atoms with Gasteiger partial charge in [-0.15, -0.1) is 0 Å². The lowest BCUT2D eigenvalue weighted by Crippen LogP contribution is -2.04. The van der Waals surface area contributed by atoms with Gasteiger partial charge in [0, 0.05) is 30.7 Å². The number of aromatic hydroxyl groups is 3. The van der Waals surface area contributed by atoms with Crippen LogP contribution in [0.25, 0.3) is 0 Å². The normalized spacial score (nSPS) is 10.3. The van der Waals surface area contributed by atoms with Gasteiger partial charge in [0.25, 0.3) is 5.69 Å². The largest absolute Gasteiger partial charge is 0.508 e. The Labute approximate surface area is 118 Å². The van der Waals surface area contributed by atoms with E-state index in [9.17, 15) is 30.2 Å². The van der Waals surface area contributed by atoms with Crippen LogP contribution in [-0.2, 0) is 6.42 Å². The predicted octanol–water partition coefficient (Wildman–Crippen LogP) is 2.14. The second-order valence-electron chi connectivity index (χ2n) is 4.38. The van der Waals surface area contributed by atoms with Crippen LogP contribution in [-0.4, -0.2) is 26.0 Å². The molecule has 0 saturated heterocycles. The Morgan fingerprint density at radius 1 is 1.05 bits per heavy atom. The fraction of sp³-hybridized carbons (Fsp3) is 0.0714. The summed E-state index contributed by atoms with van der Waals surface area (Å²) in [5.41, 5.74) is 0.102. The Morgan fingerprint density at radius 2 is 1.57 bits per heavy atom. The lowest BCUT2D eigenvalue weighted by Gasteiger charge is -2.07. The van der Waals surface area contributed by atoms with Crippen LogP contribution in [0.3, 0.4) is 0 Å². The highest BCUT2D eigenvalue weighted by Gasteiger charge is 2.18. The van der Waals surface area contributed by atoms with Crippen LogP contribution >= 0.6 is 0 Å². The Hall–Kier alpha value is -3.09. The first-order valence-electron chi connectivity index (χ1n) is 5.90. The monoisotopic (exact) mass is 289 g/mol. The van der Waals surface area contributed by atoms with Gasteiger partial charge in [0.1, 0.15) is 22.8 Å². The Bertz CT molecular complexity index is 685. The Kier molecular flexibility index (Phi) is 3.75. The van der Waals surface area contributed by atoms with Crippen LogP contribution < -0.4 is 0 Å². The molecule has 0 aliphatic heterocycles. The molecule has 0 fully saturated rings. The van der Waals surface area contributed by atoms with E-state index in [4.69, 9.17) is 0 Å². The molecule has 108 valence electrons. The molecule has 0 atom stereocenters. The number of nitro benzene ring substituents is 1. The topological polar surface area (TPSA) is 121 Å². The van der Waals surface area contributed by atoms with Gasteiger partial charge in [-0.1, -0.05) is 12.1 Å². The highest BCUT2D eigenvalue weighted by atomic mass is 16.6. The molecule has 0 heterocycles. The number of Topliss-reactive ketones (excluding diaryl/α,β-unsaturated/α-hetero) is 1. The van der Waals surface area contributed by atoms with Gasteiger partial charge in [-0.05, 0) is 5.56 Å². The first-order chi connectivity index (χ1) is 9.88. The van der Waals surface area contributed by atoms with Gasteiger partial charge >= 0.3 is 0 Å². The maximum absolute atomic E-state index is 12.1.